The van der Waals surface area contributed by atoms with Crippen LogP contribution in [0, 0.1) is 12.1 Å². The van der Waals surface area contributed by atoms with Crippen molar-refractivity contribution in [2.24, 2.45) is 0 Å². The van der Waals surface area contributed by atoms with Crippen molar-refractivity contribution in [3.8, 4) is 28.2 Å². The predicted molar refractivity (Wildman–Crippen MR) is 204 cm³/mol. The third kappa shape index (κ3) is 5.55. The average molecular weight is 816 g/mol. The van der Waals surface area contributed by atoms with E-state index in [2.05, 4.69) is 143 Å². The number of rotatable bonds is 3. The molecular weight excluding hydrogens is 787 g/mol. The molecule has 4 heteroatoms. The Labute approximate surface area is 303 Å². The van der Waals surface area contributed by atoms with Crippen LogP contribution in [0.5, 0.6) is 0 Å². The molecule has 3 aromatic heterocycles. The molecule has 0 aliphatic heterocycles. The molecule has 0 aliphatic carbocycles. The Morgan fingerprint density at radius 1 is 0.440 bits per heavy atom. The molecule has 0 saturated carbocycles. The largest absolute Gasteiger partial charge is 0.351 e. The van der Waals surface area contributed by atoms with E-state index in [0.717, 1.165) is 39.1 Å². The number of hydrogen-bond acceptors (Lipinski definition) is 2. The molecule has 0 unspecified atom stereocenters. The minimum atomic E-state index is 0. The van der Waals surface area contributed by atoms with Gasteiger partial charge in [0.2, 0.25) is 0 Å². The zero-order chi connectivity index (χ0) is 32.6. The van der Waals surface area contributed by atoms with Gasteiger partial charge in [-0.25, -0.2) is 0 Å². The van der Waals surface area contributed by atoms with Crippen LogP contribution in [0.1, 0.15) is 0 Å². The Morgan fingerprint density at radius 3 is 2.00 bits per heavy atom. The van der Waals surface area contributed by atoms with Crippen molar-refractivity contribution in [1.82, 2.24) is 14.5 Å². The smallest absolute Gasteiger partial charge is 0.0436 e. The molecule has 0 saturated heterocycles. The van der Waals surface area contributed by atoms with E-state index in [0.29, 0.717) is 0 Å². The minimum Gasteiger partial charge on any atom is -0.351 e. The van der Waals surface area contributed by atoms with Gasteiger partial charge in [-0.05, 0) is 84.9 Å². The molecule has 3 nitrogen and oxygen atoms in total. The zero-order valence-electron chi connectivity index (χ0n) is 26.9. The third-order valence-electron chi connectivity index (χ3n) is 9.19. The summed E-state index contributed by atoms with van der Waals surface area (Å²) >= 11 is 0. The summed E-state index contributed by atoms with van der Waals surface area (Å²) in [6, 6.07) is 63.6. The summed E-state index contributed by atoms with van der Waals surface area (Å²) in [6.45, 7) is 0. The first-order chi connectivity index (χ1) is 24.3. The van der Waals surface area contributed by atoms with Crippen molar-refractivity contribution < 1.29 is 20.1 Å². The number of hydrogen-bond donors (Lipinski definition) is 0. The SMILES string of the molecule is [Ir].[c-]1cc2c(cc1-c1nccc3c1ccc1c4ccccc4ccc31)c1ccccc1n2-c1ccccc1.[c-]1ccccc1-c1ccccn1. The van der Waals surface area contributed by atoms with Crippen LogP contribution in [0.3, 0.4) is 0 Å². The van der Waals surface area contributed by atoms with E-state index in [1.54, 1.807) is 6.20 Å². The molecule has 0 bridgehead atoms. The van der Waals surface area contributed by atoms with E-state index < -0.39 is 0 Å². The van der Waals surface area contributed by atoms with Gasteiger partial charge in [-0.3, -0.25) is 0 Å². The Balaban J connectivity index is 0.000000236. The number of nitrogens with zero attached hydrogens (tertiary/aromatic N) is 3. The summed E-state index contributed by atoms with van der Waals surface area (Å²) in [5.41, 5.74) is 7.47. The minimum absolute atomic E-state index is 0. The molecular formula is C46H29IrN3-2. The van der Waals surface area contributed by atoms with E-state index >= 15 is 0 Å². The van der Waals surface area contributed by atoms with Crippen molar-refractivity contribution in [3.05, 3.63) is 188 Å². The van der Waals surface area contributed by atoms with Crippen LogP contribution >= 0.6 is 0 Å². The van der Waals surface area contributed by atoms with Crippen molar-refractivity contribution in [2.45, 2.75) is 0 Å². The molecule has 10 aromatic rings. The van der Waals surface area contributed by atoms with Gasteiger partial charge in [-0.2, -0.15) is 0 Å². The van der Waals surface area contributed by atoms with Crippen LogP contribution in [-0.2, 0) is 20.1 Å². The molecule has 0 atom stereocenters. The molecule has 239 valence electrons. The van der Waals surface area contributed by atoms with Crippen LogP contribution in [0.4, 0.5) is 0 Å². The zero-order valence-corrected chi connectivity index (χ0v) is 29.3. The Kier molecular flexibility index (Phi) is 8.48. The molecule has 7 aromatic carbocycles. The summed E-state index contributed by atoms with van der Waals surface area (Å²) in [5, 5.41) is 9.86. The van der Waals surface area contributed by atoms with Gasteiger partial charge < -0.3 is 14.5 Å². The Bertz CT molecular complexity index is 2720. The standard InChI is InChI=1S/C35H21N2.C11H8N.Ir/c1-2-9-25(10-3-1)37-33-13-7-6-12-30(33)32-22-24(15-19-34(32)37)35-31-18-17-27-26-11-5-4-8-23(26)14-16-28(27)29(31)20-21-36-35;1-2-6-10(7-3-1)11-8-4-5-9-12-11;/h1-14,16-22H;1-6,8-9H;/q2*-1;. The molecule has 0 aliphatic rings. The molecule has 3 heterocycles. The number of para-hydroxylation sites is 2. The Morgan fingerprint density at radius 2 is 1.16 bits per heavy atom. The van der Waals surface area contributed by atoms with Gasteiger partial charge in [0, 0.05) is 43.7 Å². The van der Waals surface area contributed by atoms with Crippen LogP contribution in [0.2, 0.25) is 0 Å². The number of fused-ring (bicyclic) bond motifs is 8. The van der Waals surface area contributed by atoms with E-state index in [-0.39, 0.29) is 20.1 Å². The van der Waals surface area contributed by atoms with Crippen LogP contribution in [-0.4, -0.2) is 14.5 Å². The number of benzene rings is 7. The molecule has 1 radical (unpaired) electrons. The van der Waals surface area contributed by atoms with Crippen LogP contribution in [0.25, 0.3) is 82.3 Å². The Hall–Kier alpha value is -5.93. The summed E-state index contributed by atoms with van der Waals surface area (Å²) in [6.07, 6.45) is 3.72. The molecule has 0 N–H and O–H groups in total. The second kappa shape index (κ2) is 13.5. The molecule has 0 spiro atoms. The van der Waals surface area contributed by atoms with E-state index in [1.165, 1.54) is 43.2 Å². The second-order valence-electron chi connectivity index (χ2n) is 12.0. The fourth-order valence-corrected chi connectivity index (χ4v) is 6.95. The van der Waals surface area contributed by atoms with Gasteiger partial charge in [0.1, 0.15) is 0 Å². The summed E-state index contributed by atoms with van der Waals surface area (Å²) in [5.74, 6) is 0. The number of pyridine rings is 2. The van der Waals surface area contributed by atoms with Gasteiger partial charge >= 0.3 is 0 Å². The van der Waals surface area contributed by atoms with Crippen molar-refractivity contribution in [3.63, 3.8) is 0 Å². The van der Waals surface area contributed by atoms with E-state index in [4.69, 9.17) is 4.98 Å². The first kappa shape index (κ1) is 31.3. The van der Waals surface area contributed by atoms with Gasteiger partial charge in [0.05, 0.1) is 0 Å². The van der Waals surface area contributed by atoms with Crippen LogP contribution in [0.15, 0.2) is 176 Å². The van der Waals surface area contributed by atoms with E-state index in [1.807, 2.05) is 48.7 Å². The topological polar surface area (TPSA) is 30.7 Å². The van der Waals surface area contributed by atoms with Gasteiger partial charge in [-0.15, -0.1) is 59.7 Å². The number of aromatic nitrogens is 3. The van der Waals surface area contributed by atoms with Gasteiger partial charge in [0.25, 0.3) is 0 Å². The molecule has 0 amide bonds. The maximum Gasteiger partial charge on any atom is 0.0436 e. The fourth-order valence-electron chi connectivity index (χ4n) is 6.95. The summed E-state index contributed by atoms with van der Waals surface area (Å²) < 4.78 is 2.32. The first-order valence-electron chi connectivity index (χ1n) is 16.4. The molecule has 10 rings (SSSR count). The molecule has 0 fully saturated rings. The molecule has 50 heavy (non-hydrogen) atoms. The third-order valence-corrected chi connectivity index (χ3v) is 9.19. The van der Waals surface area contributed by atoms with Gasteiger partial charge in [0.15, 0.2) is 0 Å². The summed E-state index contributed by atoms with van der Waals surface area (Å²) in [4.78, 5) is 9.08. The monoisotopic (exact) mass is 816 g/mol. The second-order valence-corrected chi connectivity index (χ2v) is 12.0. The quantitative estimate of drug-likeness (QED) is 0.131. The first-order valence-corrected chi connectivity index (χ1v) is 16.4. The average Bonchev–Trinajstić information content (AvgIpc) is 3.52. The van der Waals surface area contributed by atoms with Crippen molar-refractivity contribution in [1.29, 1.82) is 0 Å². The maximum absolute atomic E-state index is 4.86. The normalized spacial score (nSPS) is 11.0. The van der Waals surface area contributed by atoms with Gasteiger partial charge in [-0.1, -0.05) is 102 Å². The van der Waals surface area contributed by atoms with E-state index in [9.17, 15) is 0 Å². The fraction of sp³-hybridized carbons (Fsp3) is 0. The van der Waals surface area contributed by atoms with Crippen LogP contribution < -0.4 is 0 Å². The summed E-state index contributed by atoms with van der Waals surface area (Å²) in [7, 11) is 0. The predicted octanol–water partition coefficient (Wildman–Crippen LogP) is 11.7. The maximum atomic E-state index is 4.86. The van der Waals surface area contributed by atoms with Crippen molar-refractivity contribution >= 4 is 54.1 Å². The van der Waals surface area contributed by atoms with Crippen molar-refractivity contribution in [2.75, 3.05) is 0 Å².